The average molecular weight is 478 g/mol. The first-order chi connectivity index (χ1) is 16.1. The van der Waals surface area contributed by atoms with Gasteiger partial charge in [0.25, 0.3) is 0 Å². The van der Waals surface area contributed by atoms with Gasteiger partial charge in [0.05, 0.1) is 19.8 Å². The lowest BCUT2D eigenvalue weighted by molar-refractivity contribution is -0.0512. The molecule has 33 heavy (non-hydrogen) atoms. The third-order valence-electron chi connectivity index (χ3n) is 5.04. The molecule has 0 aliphatic rings. The summed E-state index contributed by atoms with van der Waals surface area (Å²) in [6.45, 7) is 10.2. The van der Waals surface area contributed by atoms with Crippen LogP contribution in [0.2, 0.25) is 0 Å². The van der Waals surface area contributed by atoms with Crippen LogP contribution in [0.4, 0.5) is 0 Å². The van der Waals surface area contributed by atoms with Crippen molar-refractivity contribution in [2.24, 2.45) is 0 Å². The molecule has 198 valence electrons. The number of unbranched alkanes of at least 4 members (excludes halogenated alkanes) is 7. The number of rotatable bonds is 27. The molecular formula is C25H51NO7. The van der Waals surface area contributed by atoms with Gasteiger partial charge in [0.1, 0.15) is 18.4 Å². The first-order valence-electron chi connectivity index (χ1n) is 12.8. The Kier molecular flexibility index (Phi) is 25.6. The molecule has 0 aromatic rings. The Morgan fingerprint density at radius 3 is 1.67 bits per heavy atom. The van der Waals surface area contributed by atoms with E-state index in [-0.39, 0.29) is 6.61 Å². The molecule has 0 aromatic heterocycles. The van der Waals surface area contributed by atoms with Crippen molar-refractivity contribution in [1.82, 2.24) is 5.32 Å². The molecule has 0 aromatic carbocycles. The minimum atomic E-state index is -0.948. The molecule has 0 aliphatic carbocycles. The van der Waals surface area contributed by atoms with E-state index in [1.165, 1.54) is 25.7 Å². The molecule has 3 atom stereocenters. The molecule has 0 amide bonds. The summed E-state index contributed by atoms with van der Waals surface area (Å²) in [5.41, 5.74) is 0. The average Bonchev–Trinajstić information content (AvgIpc) is 2.81. The Hall–Kier alpha value is -0.580. The highest BCUT2D eigenvalue weighted by Crippen LogP contribution is 2.06. The maximum atomic E-state index is 9.87. The minimum absolute atomic E-state index is 0.118. The van der Waals surface area contributed by atoms with Crippen molar-refractivity contribution in [2.45, 2.75) is 89.6 Å². The van der Waals surface area contributed by atoms with Crippen molar-refractivity contribution >= 4 is 0 Å². The van der Waals surface area contributed by atoms with Crippen LogP contribution in [0.5, 0.6) is 0 Å². The second-order valence-corrected chi connectivity index (χ2v) is 8.32. The summed E-state index contributed by atoms with van der Waals surface area (Å²) in [6, 6.07) is 0. The molecule has 3 unspecified atom stereocenters. The van der Waals surface area contributed by atoms with Crippen LogP contribution >= 0.6 is 0 Å². The van der Waals surface area contributed by atoms with Crippen molar-refractivity contribution < 1.29 is 34.3 Å². The minimum Gasteiger partial charge on any atom is -0.388 e. The molecule has 0 bridgehead atoms. The van der Waals surface area contributed by atoms with E-state index in [9.17, 15) is 15.3 Å². The van der Waals surface area contributed by atoms with Gasteiger partial charge in [0.15, 0.2) is 0 Å². The monoisotopic (exact) mass is 477 g/mol. The number of allylic oxidation sites excluding steroid dienone is 1. The van der Waals surface area contributed by atoms with Crippen LogP contribution in [-0.4, -0.2) is 93.2 Å². The Morgan fingerprint density at radius 1 is 0.667 bits per heavy atom. The number of likely N-dealkylation sites (N-methyl/N-ethyl adjacent to an activating group) is 1. The lowest BCUT2D eigenvalue weighted by Gasteiger charge is -2.18. The highest BCUT2D eigenvalue weighted by molar-refractivity contribution is 4.65. The van der Waals surface area contributed by atoms with Crippen LogP contribution in [0.1, 0.15) is 71.1 Å². The van der Waals surface area contributed by atoms with Crippen LogP contribution in [0.3, 0.4) is 0 Å². The highest BCUT2D eigenvalue weighted by atomic mass is 16.5. The van der Waals surface area contributed by atoms with E-state index in [0.717, 1.165) is 38.5 Å². The number of aliphatic hydroxyl groups excluding tert-OH is 3. The molecule has 0 fully saturated rings. The van der Waals surface area contributed by atoms with Crippen molar-refractivity contribution in [3.63, 3.8) is 0 Å². The van der Waals surface area contributed by atoms with Crippen molar-refractivity contribution in [3.8, 4) is 0 Å². The normalized spacial score (nSPS) is 14.3. The molecule has 8 nitrogen and oxygen atoms in total. The maximum Gasteiger partial charge on any atom is 0.133 e. The largest absolute Gasteiger partial charge is 0.388 e. The lowest BCUT2D eigenvalue weighted by atomic mass is 10.1. The highest BCUT2D eigenvalue weighted by Gasteiger charge is 2.14. The second kappa shape index (κ2) is 26.0. The lowest BCUT2D eigenvalue weighted by Crippen LogP contribution is -2.42. The third kappa shape index (κ3) is 24.3. The number of nitrogens with one attached hydrogen (secondary N) is 1. The van der Waals surface area contributed by atoms with E-state index in [1.807, 2.05) is 13.0 Å². The number of aliphatic hydroxyl groups is 3. The van der Waals surface area contributed by atoms with Crippen molar-refractivity contribution in [2.75, 3.05) is 59.4 Å². The quantitative estimate of drug-likeness (QED) is 0.0812. The zero-order chi connectivity index (χ0) is 24.4. The van der Waals surface area contributed by atoms with E-state index >= 15 is 0 Å². The van der Waals surface area contributed by atoms with Gasteiger partial charge in [0.2, 0.25) is 0 Å². The van der Waals surface area contributed by atoms with Gasteiger partial charge < -0.3 is 34.3 Å². The number of hydrogen-bond acceptors (Lipinski definition) is 8. The van der Waals surface area contributed by atoms with E-state index in [0.29, 0.717) is 52.8 Å². The maximum absolute atomic E-state index is 9.87. The summed E-state index contributed by atoms with van der Waals surface area (Å²) < 4.78 is 22.0. The van der Waals surface area contributed by atoms with Gasteiger partial charge in [-0.25, -0.2) is 0 Å². The Morgan fingerprint density at radius 2 is 1.12 bits per heavy atom. The van der Waals surface area contributed by atoms with Crippen LogP contribution < -0.4 is 5.32 Å². The van der Waals surface area contributed by atoms with Gasteiger partial charge in [-0.3, -0.25) is 5.32 Å². The number of ether oxygens (including phenoxy) is 4. The summed E-state index contributed by atoms with van der Waals surface area (Å²) in [5, 5.41) is 31.8. The standard InChI is InChI=1S/C25H51NO7/c1-3-5-6-7-8-9-10-17-31-20-23(27)21-32-18-13-11-15-30-16-12-14-19-33-22-24(28)25(29)26-4-2/h3,23-29H,1,4-22H2,2H3. The molecule has 0 saturated carbocycles. The van der Waals surface area contributed by atoms with E-state index < -0.39 is 18.4 Å². The summed E-state index contributed by atoms with van der Waals surface area (Å²) in [5.74, 6) is 0. The van der Waals surface area contributed by atoms with E-state index in [1.54, 1.807) is 0 Å². The fourth-order valence-electron chi connectivity index (χ4n) is 3.07. The fourth-order valence-corrected chi connectivity index (χ4v) is 3.07. The second-order valence-electron chi connectivity index (χ2n) is 8.32. The summed E-state index contributed by atoms with van der Waals surface area (Å²) in [4.78, 5) is 0. The van der Waals surface area contributed by atoms with Crippen molar-refractivity contribution in [3.05, 3.63) is 12.7 Å². The van der Waals surface area contributed by atoms with E-state index in [4.69, 9.17) is 18.9 Å². The number of hydrogen-bond donors (Lipinski definition) is 4. The molecule has 0 rings (SSSR count). The fraction of sp³-hybridized carbons (Fsp3) is 0.920. The smallest absolute Gasteiger partial charge is 0.133 e. The summed E-state index contributed by atoms with van der Waals surface area (Å²) >= 11 is 0. The Balaban J connectivity index is 3.23. The van der Waals surface area contributed by atoms with Crippen LogP contribution in [0.25, 0.3) is 0 Å². The van der Waals surface area contributed by atoms with Gasteiger partial charge in [-0.05, 0) is 51.5 Å². The predicted octanol–water partition coefficient (Wildman–Crippen LogP) is 2.79. The zero-order valence-electron chi connectivity index (χ0n) is 20.9. The molecular weight excluding hydrogens is 426 g/mol. The summed E-state index contributed by atoms with van der Waals surface area (Å²) in [6.07, 6.45) is 10.1. The molecule has 0 heterocycles. The van der Waals surface area contributed by atoms with Crippen molar-refractivity contribution in [1.29, 1.82) is 0 Å². The Bertz CT molecular complexity index is 401. The molecule has 0 saturated heterocycles. The predicted molar refractivity (Wildman–Crippen MR) is 131 cm³/mol. The van der Waals surface area contributed by atoms with Crippen LogP contribution in [0, 0.1) is 0 Å². The van der Waals surface area contributed by atoms with Gasteiger partial charge >= 0.3 is 0 Å². The third-order valence-corrected chi connectivity index (χ3v) is 5.04. The SMILES string of the molecule is C=CCCCCCCCOCC(O)COCCCCOCCCCOCC(O)C(O)NCC. The van der Waals surface area contributed by atoms with Gasteiger partial charge in [-0.1, -0.05) is 32.3 Å². The molecule has 0 aliphatic heterocycles. The van der Waals surface area contributed by atoms with Crippen LogP contribution in [-0.2, 0) is 18.9 Å². The van der Waals surface area contributed by atoms with Gasteiger partial charge in [0, 0.05) is 33.0 Å². The van der Waals surface area contributed by atoms with E-state index in [2.05, 4.69) is 11.9 Å². The first-order valence-corrected chi connectivity index (χ1v) is 12.8. The topological polar surface area (TPSA) is 110 Å². The zero-order valence-corrected chi connectivity index (χ0v) is 20.9. The molecule has 4 N–H and O–H groups in total. The van der Waals surface area contributed by atoms with Crippen LogP contribution in [0.15, 0.2) is 12.7 Å². The molecule has 0 spiro atoms. The molecule has 8 heteroatoms. The Labute approximate surface area is 201 Å². The van der Waals surface area contributed by atoms with Gasteiger partial charge in [-0.15, -0.1) is 6.58 Å². The van der Waals surface area contributed by atoms with Gasteiger partial charge in [-0.2, -0.15) is 0 Å². The first kappa shape index (κ1) is 32.4. The molecule has 0 radical (unpaired) electrons. The summed E-state index contributed by atoms with van der Waals surface area (Å²) in [7, 11) is 0.